The predicted molar refractivity (Wildman–Crippen MR) is 147 cm³/mol. The molecule has 0 spiro atoms. The Kier molecular flexibility index (Phi) is 7.25. The minimum atomic E-state index is -0.941. The zero-order valence-corrected chi connectivity index (χ0v) is 21.2. The Balaban J connectivity index is 1.50. The largest absolute Gasteiger partial charge is 0.496 e. The van der Waals surface area contributed by atoms with Crippen molar-refractivity contribution in [2.45, 2.75) is 6.54 Å². The van der Waals surface area contributed by atoms with Gasteiger partial charge < -0.3 is 20.7 Å². The van der Waals surface area contributed by atoms with E-state index in [1.165, 1.54) is 13.2 Å². The van der Waals surface area contributed by atoms with Crippen molar-refractivity contribution in [1.29, 1.82) is 5.26 Å². The van der Waals surface area contributed by atoms with Crippen LogP contribution >= 0.6 is 0 Å². The molecule has 1 aliphatic heterocycles. The number of anilines is 3. The summed E-state index contributed by atoms with van der Waals surface area (Å²) in [5.74, 6) is -3.13. The van der Waals surface area contributed by atoms with E-state index in [4.69, 9.17) is 10.00 Å². The van der Waals surface area contributed by atoms with Gasteiger partial charge in [-0.1, -0.05) is 24.3 Å². The zero-order valence-electron chi connectivity index (χ0n) is 21.2. The molecule has 0 radical (unpaired) electrons. The monoisotopic (exact) mass is 536 g/mol. The first-order chi connectivity index (χ1) is 19.4. The second-order valence-electron chi connectivity index (χ2n) is 8.94. The van der Waals surface area contributed by atoms with Crippen LogP contribution in [0.25, 0.3) is 0 Å². The highest BCUT2D eigenvalue weighted by Crippen LogP contribution is 2.36. The molecule has 0 atom stereocenters. The second kappa shape index (κ2) is 11.1. The van der Waals surface area contributed by atoms with Crippen molar-refractivity contribution in [3.8, 4) is 11.8 Å². The zero-order chi connectivity index (χ0) is 28.2. The van der Waals surface area contributed by atoms with Gasteiger partial charge in [-0.2, -0.15) is 5.26 Å². The molecular weight excluding hydrogens is 514 g/mol. The average Bonchev–Trinajstić information content (AvgIpc) is 3.38. The summed E-state index contributed by atoms with van der Waals surface area (Å²) in [6, 6.07) is 23.5. The standard InChI is InChI=1S/C31H22F2N4O3/c1-40-27-8-3-2-7-24(27)30(39)28(29(38)20-12-21(32)14-22(33)13-20)31-36-25-10-9-23(15-26(25)37-31)35-17-19-6-4-5-18(11-19)16-34/h2-15,35-37H,17H2,1H3/b31-28+. The van der Waals surface area contributed by atoms with Crippen LogP contribution in [-0.2, 0) is 6.54 Å². The summed E-state index contributed by atoms with van der Waals surface area (Å²) in [7, 11) is 1.40. The van der Waals surface area contributed by atoms with Gasteiger partial charge in [0.15, 0.2) is 0 Å². The number of fused-ring (bicyclic) bond motifs is 1. The molecule has 0 unspecified atom stereocenters. The van der Waals surface area contributed by atoms with Crippen molar-refractivity contribution in [2.75, 3.05) is 23.1 Å². The van der Waals surface area contributed by atoms with Crippen LogP contribution in [0.3, 0.4) is 0 Å². The Bertz CT molecular complexity index is 1710. The Hall–Kier alpha value is -5.49. The molecule has 0 fully saturated rings. The highest BCUT2D eigenvalue weighted by atomic mass is 19.1. The van der Waals surface area contributed by atoms with Gasteiger partial charge in [0.05, 0.1) is 35.7 Å². The van der Waals surface area contributed by atoms with Crippen molar-refractivity contribution in [3.05, 3.63) is 130 Å². The van der Waals surface area contributed by atoms with E-state index < -0.39 is 23.2 Å². The maximum absolute atomic E-state index is 14.0. The van der Waals surface area contributed by atoms with E-state index in [9.17, 15) is 18.4 Å². The average molecular weight is 537 g/mol. The van der Waals surface area contributed by atoms with Gasteiger partial charge in [-0.25, -0.2) is 8.78 Å². The number of rotatable bonds is 8. The van der Waals surface area contributed by atoms with Crippen LogP contribution in [0.1, 0.15) is 31.8 Å². The van der Waals surface area contributed by atoms with E-state index in [1.807, 2.05) is 18.2 Å². The summed E-state index contributed by atoms with van der Waals surface area (Å²) < 4.78 is 33.3. The molecule has 0 aromatic heterocycles. The lowest BCUT2D eigenvalue weighted by atomic mass is 9.94. The number of nitriles is 1. The van der Waals surface area contributed by atoms with Crippen LogP contribution in [0.4, 0.5) is 25.8 Å². The van der Waals surface area contributed by atoms with Gasteiger partial charge in [-0.05, 0) is 60.2 Å². The number of Topliss-reactive ketones (excluding diaryl/α,β-unsaturated/α-hetero) is 2. The van der Waals surface area contributed by atoms with Crippen LogP contribution in [0.2, 0.25) is 0 Å². The van der Waals surface area contributed by atoms with Crippen molar-refractivity contribution in [2.24, 2.45) is 0 Å². The fraction of sp³-hybridized carbons (Fsp3) is 0.0645. The summed E-state index contributed by atoms with van der Waals surface area (Å²) in [5.41, 5.74) is 2.85. The number of nitrogens with zero attached hydrogens (tertiary/aromatic N) is 1. The number of hydrogen-bond donors (Lipinski definition) is 3. The molecule has 0 saturated carbocycles. The molecule has 3 N–H and O–H groups in total. The number of halogens is 2. The Morgan fingerprint density at radius 2 is 1.62 bits per heavy atom. The lowest BCUT2D eigenvalue weighted by Crippen LogP contribution is -2.21. The fourth-order valence-electron chi connectivity index (χ4n) is 4.37. The highest BCUT2D eigenvalue weighted by Gasteiger charge is 2.31. The van der Waals surface area contributed by atoms with Crippen LogP contribution in [0, 0.1) is 23.0 Å². The molecule has 40 heavy (non-hydrogen) atoms. The molecule has 5 rings (SSSR count). The molecule has 4 aromatic rings. The highest BCUT2D eigenvalue weighted by molar-refractivity contribution is 6.32. The first-order valence-electron chi connectivity index (χ1n) is 12.2. The third-order valence-electron chi connectivity index (χ3n) is 6.27. The molecule has 1 heterocycles. The van der Waals surface area contributed by atoms with Crippen LogP contribution in [-0.4, -0.2) is 18.7 Å². The molecule has 9 heteroatoms. The van der Waals surface area contributed by atoms with Crippen LogP contribution in [0.15, 0.2) is 96.3 Å². The van der Waals surface area contributed by atoms with Crippen molar-refractivity contribution in [3.63, 3.8) is 0 Å². The predicted octanol–water partition coefficient (Wildman–Crippen LogP) is 6.27. The lowest BCUT2D eigenvalue weighted by molar-refractivity contribution is 0.0959. The number of hydrogen-bond acceptors (Lipinski definition) is 7. The molecule has 198 valence electrons. The fourth-order valence-corrected chi connectivity index (χ4v) is 4.37. The number of carbonyl (C=O) groups excluding carboxylic acids is 2. The van der Waals surface area contributed by atoms with Crippen molar-refractivity contribution in [1.82, 2.24) is 0 Å². The lowest BCUT2D eigenvalue weighted by Gasteiger charge is -2.13. The third kappa shape index (κ3) is 5.37. The topological polar surface area (TPSA) is 103 Å². The molecular formula is C31H22F2N4O3. The quantitative estimate of drug-likeness (QED) is 0.106. The van der Waals surface area contributed by atoms with Gasteiger partial charge in [-0.15, -0.1) is 0 Å². The van der Waals surface area contributed by atoms with E-state index in [1.54, 1.807) is 42.5 Å². The van der Waals surface area contributed by atoms with Gasteiger partial charge in [-0.3, -0.25) is 9.59 Å². The number of allylic oxidation sites excluding steroid dienone is 1. The van der Waals surface area contributed by atoms with E-state index in [0.717, 1.165) is 23.4 Å². The van der Waals surface area contributed by atoms with Gasteiger partial charge in [0.25, 0.3) is 0 Å². The molecule has 0 aliphatic carbocycles. The normalized spacial score (nSPS) is 12.8. The Morgan fingerprint density at radius 3 is 2.38 bits per heavy atom. The Morgan fingerprint density at radius 1 is 0.875 bits per heavy atom. The first-order valence-corrected chi connectivity index (χ1v) is 12.2. The molecule has 1 aliphatic rings. The summed E-state index contributed by atoms with van der Waals surface area (Å²) >= 11 is 0. The maximum Gasteiger partial charge on any atom is 0.204 e. The molecule has 0 amide bonds. The van der Waals surface area contributed by atoms with E-state index in [0.29, 0.717) is 29.5 Å². The minimum absolute atomic E-state index is 0.0689. The van der Waals surface area contributed by atoms with E-state index in [2.05, 4.69) is 22.0 Å². The molecule has 4 aromatic carbocycles. The number of carbonyl (C=O) groups is 2. The number of para-hydroxylation sites is 1. The third-order valence-corrected chi connectivity index (χ3v) is 6.27. The first kappa shape index (κ1) is 26.1. The Labute approximate surface area is 228 Å². The minimum Gasteiger partial charge on any atom is -0.496 e. The SMILES string of the molecule is COc1ccccc1C(=O)/C(C(=O)c1cc(F)cc(F)c1)=C1\Nc2ccc(NCc3cccc(C#N)c3)cc2N1. The molecule has 0 saturated heterocycles. The van der Waals surface area contributed by atoms with E-state index in [-0.39, 0.29) is 28.3 Å². The van der Waals surface area contributed by atoms with Gasteiger partial charge >= 0.3 is 0 Å². The molecule has 7 nitrogen and oxygen atoms in total. The van der Waals surface area contributed by atoms with Gasteiger partial charge in [0, 0.05) is 23.9 Å². The van der Waals surface area contributed by atoms with E-state index >= 15 is 0 Å². The molecule has 0 bridgehead atoms. The van der Waals surface area contributed by atoms with Gasteiger partial charge in [0.1, 0.15) is 28.8 Å². The summed E-state index contributed by atoms with van der Waals surface area (Å²) in [6.07, 6.45) is 0. The summed E-state index contributed by atoms with van der Waals surface area (Å²) in [5, 5.41) is 18.5. The smallest absolute Gasteiger partial charge is 0.204 e. The second-order valence-corrected chi connectivity index (χ2v) is 8.94. The maximum atomic E-state index is 14.0. The number of ketones is 2. The van der Waals surface area contributed by atoms with Gasteiger partial charge in [0.2, 0.25) is 11.6 Å². The summed E-state index contributed by atoms with van der Waals surface area (Å²) in [6.45, 7) is 0.464. The number of methoxy groups -OCH3 is 1. The van der Waals surface area contributed by atoms with Crippen molar-refractivity contribution < 1.29 is 23.1 Å². The number of ether oxygens (including phenoxy) is 1. The van der Waals surface area contributed by atoms with Crippen LogP contribution < -0.4 is 20.7 Å². The number of nitrogens with one attached hydrogen (secondary N) is 3. The van der Waals surface area contributed by atoms with Crippen LogP contribution in [0.5, 0.6) is 5.75 Å². The van der Waals surface area contributed by atoms with Crippen molar-refractivity contribution >= 4 is 28.6 Å². The number of benzene rings is 4. The summed E-state index contributed by atoms with van der Waals surface area (Å²) in [4.78, 5) is 27.4.